The molecule has 24 heavy (non-hydrogen) atoms. The number of sulfone groups is 1. The molecule has 0 spiro atoms. The van der Waals surface area contributed by atoms with Crippen molar-refractivity contribution in [2.45, 2.75) is 6.54 Å². The number of nitrogens with two attached hydrogens (primary N) is 1. The van der Waals surface area contributed by atoms with Crippen LogP contribution in [-0.4, -0.2) is 32.9 Å². The third-order valence-electron chi connectivity index (χ3n) is 3.36. The largest absolute Gasteiger partial charge is 0.399 e. The van der Waals surface area contributed by atoms with Crippen LogP contribution in [0.4, 0.5) is 11.4 Å². The monoisotopic (exact) mass is 347 g/mol. The van der Waals surface area contributed by atoms with Gasteiger partial charge < -0.3 is 16.4 Å². The van der Waals surface area contributed by atoms with E-state index in [1.807, 2.05) is 12.1 Å². The lowest BCUT2D eigenvalue weighted by atomic mass is 10.1. The first-order chi connectivity index (χ1) is 11.3. The Morgan fingerprint density at radius 1 is 1.04 bits per heavy atom. The van der Waals surface area contributed by atoms with E-state index in [0.717, 1.165) is 5.56 Å². The zero-order valence-corrected chi connectivity index (χ0v) is 14.3. The molecule has 2 aromatic carbocycles. The Labute approximate surface area is 142 Å². The highest BCUT2D eigenvalue weighted by atomic mass is 32.2. The summed E-state index contributed by atoms with van der Waals surface area (Å²) >= 11 is 0. The molecule has 128 valence electrons. The molecule has 4 N–H and O–H groups in total. The smallest absolute Gasteiger partial charge is 0.255 e. The molecular weight excluding hydrogens is 326 g/mol. The minimum Gasteiger partial charge on any atom is -0.399 e. The van der Waals surface area contributed by atoms with Gasteiger partial charge in [-0.2, -0.15) is 0 Å². The van der Waals surface area contributed by atoms with E-state index >= 15 is 0 Å². The summed E-state index contributed by atoms with van der Waals surface area (Å²) in [6.45, 7) is 0.952. The van der Waals surface area contributed by atoms with Crippen LogP contribution in [-0.2, 0) is 16.4 Å². The van der Waals surface area contributed by atoms with E-state index in [0.29, 0.717) is 30.0 Å². The van der Waals surface area contributed by atoms with Crippen LogP contribution in [0.15, 0.2) is 48.5 Å². The Morgan fingerprint density at radius 2 is 1.67 bits per heavy atom. The topological polar surface area (TPSA) is 101 Å². The van der Waals surface area contributed by atoms with Gasteiger partial charge >= 0.3 is 0 Å². The molecule has 2 aromatic rings. The van der Waals surface area contributed by atoms with Gasteiger partial charge in [-0.15, -0.1) is 0 Å². The maximum atomic E-state index is 12.2. The third-order valence-corrected chi connectivity index (χ3v) is 4.31. The minimum atomic E-state index is -2.95. The SMILES string of the molecule is CS(=O)(=O)CCNCc1ccc(C(=O)Nc2ccc(N)cc2)cc1. The van der Waals surface area contributed by atoms with Crippen LogP contribution in [0.2, 0.25) is 0 Å². The van der Waals surface area contributed by atoms with E-state index in [-0.39, 0.29) is 11.7 Å². The van der Waals surface area contributed by atoms with Crippen molar-refractivity contribution in [3.63, 3.8) is 0 Å². The van der Waals surface area contributed by atoms with E-state index in [4.69, 9.17) is 5.73 Å². The first-order valence-corrected chi connectivity index (χ1v) is 9.54. The second kappa shape index (κ2) is 7.94. The van der Waals surface area contributed by atoms with Crippen LogP contribution < -0.4 is 16.4 Å². The van der Waals surface area contributed by atoms with Crippen molar-refractivity contribution in [2.75, 3.05) is 29.6 Å². The number of carbonyl (C=O) groups excluding carboxylic acids is 1. The molecule has 7 heteroatoms. The summed E-state index contributed by atoms with van der Waals surface area (Å²) in [5, 5.41) is 5.86. The van der Waals surface area contributed by atoms with Gasteiger partial charge in [0.25, 0.3) is 5.91 Å². The summed E-state index contributed by atoms with van der Waals surface area (Å²) in [5.41, 5.74) is 8.45. The zero-order chi connectivity index (χ0) is 17.6. The molecule has 0 saturated carbocycles. The number of nitrogens with one attached hydrogen (secondary N) is 2. The third kappa shape index (κ3) is 6.02. The van der Waals surface area contributed by atoms with Crippen molar-refractivity contribution in [1.82, 2.24) is 5.32 Å². The fourth-order valence-electron chi connectivity index (χ4n) is 2.03. The molecule has 1 amide bonds. The molecule has 0 radical (unpaired) electrons. The Hall–Kier alpha value is -2.38. The molecule has 0 saturated heterocycles. The average molecular weight is 347 g/mol. The van der Waals surface area contributed by atoms with Crippen molar-refractivity contribution in [1.29, 1.82) is 0 Å². The number of carbonyl (C=O) groups is 1. The highest BCUT2D eigenvalue weighted by molar-refractivity contribution is 7.90. The lowest BCUT2D eigenvalue weighted by molar-refractivity contribution is 0.102. The second-order valence-corrected chi connectivity index (χ2v) is 7.84. The maximum Gasteiger partial charge on any atom is 0.255 e. The summed E-state index contributed by atoms with van der Waals surface area (Å²) in [5.74, 6) is -0.0916. The minimum absolute atomic E-state index is 0.106. The first-order valence-electron chi connectivity index (χ1n) is 7.48. The molecule has 0 aliphatic rings. The summed E-state index contributed by atoms with van der Waals surface area (Å²) in [4.78, 5) is 12.2. The quantitative estimate of drug-likeness (QED) is 0.522. The van der Waals surface area contributed by atoms with Crippen LogP contribution in [0.3, 0.4) is 0 Å². The van der Waals surface area contributed by atoms with Gasteiger partial charge in [-0.1, -0.05) is 12.1 Å². The standard InChI is InChI=1S/C17H21N3O3S/c1-24(22,23)11-10-19-12-13-2-4-14(5-3-13)17(21)20-16-8-6-15(18)7-9-16/h2-9,19H,10-12,18H2,1H3,(H,20,21). The van der Waals surface area contributed by atoms with Gasteiger partial charge in [0.05, 0.1) is 5.75 Å². The Kier molecular flexibility index (Phi) is 5.94. The Balaban J connectivity index is 1.86. The summed E-state index contributed by atoms with van der Waals surface area (Å²) in [7, 11) is -2.95. The van der Waals surface area contributed by atoms with Crippen LogP contribution in [0.5, 0.6) is 0 Å². The Bertz CT molecular complexity index is 785. The van der Waals surface area contributed by atoms with Crippen molar-refractivity contribution in [2.24, 2.45) is 0 Å². The maximum absolute atomic E-state index is 12.2. The second-order valence-electron chi connectivity index (χ2n) is 5.58. The average Bonchev–Trinajstić information content (AvgIpc) is 2.53. The lowest BCUT2D eigenvalue weighted by Gasteiger charge is -2.07. The number of rotatable bonds is 7. The van der Waals surface area contributed by atoms with Crippen LogP contribution in [0, 0.1) is 0 Å². The molecule has 0 unspecified atom stereocenters. The number of nitrogen functional groups attached to an aromatic ring is 1. The van der Waals surface area contributed by atoms with E-state index in [1.165, 1.54) is 6.26 Å². The highest BCUT2D eigenvalue weighted by Gasteiger charge is 2.06. The van der Waals surface area contributed by atoms with Gasteiger partial charge in [0.15, 0.2) is 0 Å². The normalized spacial score (nSPS) is 11.2. The summed E-state index contributed by atoms with van der Waals surface area (Å²) < 4.78 is 22.1. The molecular formula is C17H21N3O3S. The molecule has 0 aliphatic heterocycles. The number of amides is 1. The van der Waals surface area contributed by atoms with Crippen LogP contribution >= 0.6 is 0 Å². The van der Waals surface area contributed by atoms with Crippen molar-refractivity contribution < 1.29 is 13.2 Å². The molecule has 0 bridgehead atoms. The molecule has 0 aliphatic carbocycles. The molecule has 6 nitrogen and oxygen atoms in total. The van der Waals surface area contributed by atoms with Gasteiger partial charge in [0.1, 0.15) is 9.84 Å². The number of anilines is 2. The number of hydrogen-bond donors (Lipinski definition) is 3. The predicted molar refractivity (Wildman–Crippen MR) is 96.7 cm³/mol. The molecule has 0 heterocycles. The fraction of sp³-hybridized carbons (Fsp3) is 0.235. The predicted octanol–water partition coefficient (Wildman–Crippen LogP) is 1.66. The van der Waals surface area contributed by atoms with Crippen molar-refractivity contribution in [3.8, 4) is 0 Å². The van der Waals surface area contributed by atoms with Gasteiger partial charge in [0.2, 0.25) is 0 Å². The van der Waals surface area contributed by atoms with Crippen LogP contribution in [0.25, 0.3) is 0 Å². The van der Waals surface area contributed by atoms with Gasteiger partial charge in [-0.25, -0.2) is 8.42 Å². The molecule has 0 fully saturated rings. The Morgan fingerprint density at radius 3 is 2.25 bits per heavy atom. The lowest BCUT2D eigenvalue weighted by Crippen LogP contribution is -2.22. The first kappa shape index (κ1) is 18.0. The molecule has 0 atom stereocenters. The fourth-order valence-corrected chi connectivity index (χ4v) is 2.55. The van der Waals surface area contributed by atoms with Crippen molar-refractivity contribution in [3.05, 3.63) is 59.7 Å². The summed E-state index contributed by atoms with van der Waals surface area (Å²) in [6, 6.07) is 14.1. The van der Waals surface area contributed by atoms with E-state index < -0.39 is 9.84 Å². The highest BCUT2D eigenvalue weighted by Crippen LogP contribution is 2.12. The van der Waals surface area contributed by atoms with E-state index in [1.54, 1.807) is 36.4 Å². The van der Waals surface area contributed by atoms with Gasteiger partial charge in [-0.05, 0) is 42.0 Å². The van der Waals surface area contributed by atoms with Gasteiger partial charge in [-0.3, -0.25) is 4.79 Å². The molecule has 2 rings (SSSR count). The van der Waals surface area contributed by atoms with E-state index in [2.05, 4.69) is 10.6 Å². The van der Waals surface area contributed by atoms with Gasteiger partial charge in [0, 0.05) is 36.3 Å². The number of hydrogen-bond acceptors (Lipinski definition) is 5. The van der Waals surface area contributed by atoms with Crippen molar-refractivity contribution >= 4 is 27.1 Å². The zero-order valence-electron chi connectivity index (χ0n) is 13.5. The number of benzene rings is 2. The summed E-state index contributed by atoms with van der Waals surface area (Å²) in [6.07, 6.45) is 1.21. The van der Waals surface area contributed by atoms with Crippen LogP contribution in [0.1, 0.15) is 15.9 Å². The molecule has 0 aromatic heterocycles. The van der Waals surface area contributed by atoms with E-state index in [9.17, 15) is 13.2 Å².